The lowest BCUT2D eigenvalue weighted by Gasteiger charge is -2.19. The first-order chi connectivity index (χ1) is 26.3. The van der Waals surface area contributed by atoms with E-state index < -0.39 is 42.1 Å². The van der Waals surface area contributed by atoms with Gasteiger partial charge in [-0.05, 0) is 73.7 Å². The number of nitrogens with zero attached hydrogens (tertiary/aromatic N) is 1. The monoisotopic (exact) mass is 755 g/mol. The van der Waals surface area contributed by atoms with Crippen LogP contribution in [-0.4, -0.2) is 67.2 Å². The summed E-state index contributed by atoms with van der Waals surface area (Å²) in [4.78, 5) is 69.6. The highest BCUT2D eigenvalue weighted by atomic mass is 16.7. The first kappa shape index (κ1) is 41.7. The van der Waals surface area contributed by atoms with E-state index in [1.807, 2.05) is 0 Å². The fraction of sp³-hybridized carbons (Fsp3) is 0.390. The Kier molecular flexibility index (Phi) is 15.1. The molecule has 1 aliphatic carbocycles. The normalized spacial score (nSPS) is 12.5. The Morgan fingerprint density at radius 2 is 1.67 bits per heavy atom. The highest BCUT2D eigenvalue weighted by Crippen LogP contribution is 2.35. The van der Waals surface area contributed by atoms with Crippen molar-refractivity contribution in [3.63, 3.8) is 0 Å². The van der Waals surface area contributed by atoms with Gasteiger partial charge in [0.2, 0.25) is 6.29 Å². The molecular formula is C41H49N5O9. The molecule has 4 rings (SSSR count). The predicted molar refractivity (Wildman–Crippen MR) is 207 cm³/mol. The van der Waals surface area contributed by atoms with E-state index in [2.05, 4.69) is 34.4 Å². The summed E-state index contributed by atoms with van der Waals surface area (Å²) in [5.41, 5.74) is 1.31. The number of nitrogens with one attached hydrogen (secondary N) is 4. The van der Waals surface area contributed by atoms with Gasteiger partial charge in [0.25, 0.3) is 11.8 Å². The van der Waals surface area contributed by atoms with Crippen LogP contribution in [0.25, 0.3) is 17.2 Å². The summed E-state index contributed by atoms with van der Waals surface area (Å²) in [5.74, 6) is -2.57. The van der Waals surface area contributed by atoms with Crippen molar-refractivity contribution < 1.29 is 42.9 Å². The fourth-order valence-corrected chi connectivity index (χ4v) is 5.30. The summed E-state index contributed by atoms with van der Waals surface area (Å²) in [6, 6.07) is 12.3. The summed E-state index contributed by atoms with van der Waals surface area (Å²) in [7, 11) is 1.44. The van der Waals surface area contributed by atoms with Crippen LogP contribution in [0.15, 0.2) is 55.1 Å². The molecule has 0 saturated heterocycles. The summed E-state index contributed by atoms with van der Waals surface area (Å²) < 4.78 is 21.5. The number of carbonyl (C=O) groups excluding carboxylic acids is 5. The first-order valence-corrected chi connectivity index (χ1v) is 18.3. The molecule has 1 aliphatic rings. The Bertz CT molecular complexity index is 1900. The minimum Gasteiger partial charge on any atom is -0.496 e. The van der Waals surface area contributed by atoms with Crippen molar-refractivity contribution >= 4 is 47.4 Å². The number of anilines is 1. The third-order valence-corrected chi connectivity index (χ3v) is 8.61. The van der Waals surface area contributed by atoms with Crippen LogP contribution in [0.5, 0.6) is 5.75 Å². The van der Waals surface area contributed by atoms with E-state index in [-0.39, 0.29) is 40.5 Å². The van der Waals surface area contributed by atoms with Gasteiger partial charge in [0.05, 0.1) is 19.6 Å². The number of rotatable bonds is 18. The lowest BCUT2D eigenvalue weighted by Crippen LogP contribution is -2.31. The van der Waals surface area contributed by atoms with Crippen molar-refractivity contribution in [3.05, 3.63) is 83.2 Å². The number of carbonyl (C=O) groups is 5. The molecule has 1 fully saturated rings. The number of pyridine rings is 1. The number of unbranched alkanes of at least 4 members (excludes halogenated alkanes) is 3. The third-order valence-electron chi connectivity index (χ3n) is 8.61. The molecule has 292 valence electrons. The Labute approximate surface area is 320 Å². The summed E-state index contributed by atoms with van der Waals surface area (Å²) in [6.07, 6.45) is 5.35. The molecule has 1 saturated carbocycles. The van der Waals surface area contributed by atoms with E-state index in [0.29, 0.717) is 35.0 Å². The van der Waals surface area contributed by atoms with Gasteiger partial charge in [-0.2, -0.15) is 0 Å². The third kappa shape index (κ3) is 12.0. The maximum atomic E-state index is 14.0. The maximum Gasteiger partial charge on any atom is 0.412 e. The minimum atomic E-state index is -1.29. The van der Waals surface area contributed by atoms with Crippen LogP contribution >= 0.6 is 0 Å². The smallest absolute Gasteiger partial charge is 0.412 e. The van der Waals surface area contributed by atoms with Gasteiger partial charge in [-0.25, -0.2) is 14.6 Å². The Balaban J connectivity index is 1.64. The molecule has 3 amide bonds. The molecule has 1 heterocycles. The Morgan fingerprint density at radius 3 is 2.31 bits per heavy atom. The van der Waals surface area contributed by atoms with Crippen molar-refractivity contribution in [2.45, 2.75) is 72.5 Å². The van der Waals surface area contributed by atoms with Gasteiger partial charge < -0.3 is 29.6 Å². The number of hydrogen-bond acceptors (Lipinski definition) is 11. The zero-order chi connectivity index (χ0) is 40.1. The minimum absolute atomic E-state index is 0.0516. The van der Waals surface area contributed by atoms with E-state index in [9.17, 15) is 24.0 Å². The molecule has 1 unspecified atom stereocenters. The highest BCUT2D eigenvalue weighted by Gasteiger charge is 2.28. The average molecular weight is 756 g/mol. The van der Waals surface area contributed by atoms with Gasteiger partial charge >= 0.3 is 18.0 Å². The molecule has 14 heteroatoms. The lowest BCUT2D eigenvalue weighted by molar-refractivity contribution is -0.169. The van der Waals surface area contributed by atoms with Crippen LogP contribution < -0.4 is 20.7 Å². The number of ether oxygens (including phenoxy) is 4. The van der Waals surface area contributed by atoms with E-state index in [4.69, 9.17) is 24.4 Å². The van der Waals surface area contributed by atoms with Gasteiger partial charge in [-0.1, -0.05) is 52.7 Å². The van der Waals surface area contributed by atoms with Crippen LogP contribution in [0.2, 0.25) is 0 Å². The molecule has 14 nitrogen and oxygen atoms in total. The van der Waals surface area contributed by atoms with Gasteiger partial charge in [0.15, 0.2) is 5.69 Å². The second-order valence-electron chi connectivity index (χ2n) is 13.4. The molecule has 1 aromatic heterocycles. The van der Waals surface area contributed by atoms with E-state index in [1.54, 1.807) is 44.2 Å². The highest BCUT2D eigenvalue weighted by molar-refractivity contribution is 6.11. The van der Waals surface area contributed by atoms with Crippen molar-refractivity contribution in [1.29, 1.82) is 5.41 Å². The Hall–Kier alpha value is -6.05. The van der Waals surface area contributed by atoms with Crippen LogP contribution in [0, 0.1) is 17.2 Å². The van der Waals surface area contributed by atoms with Crippen molar-refractivity contribution in [3.8, 4) is 16.9 Å². The molecule has 55 heavy (non-hydrogen) atoms. The molecular weight excluding hydrogens is 706 g/mol. The number of esters is 2. The van der Waals surface area contributed by atoms with Crippen LogP contribution in [0.3, 0.4) is 0 Å². The molecule has 4 N–H and O–H groups in total. The summed E-state index contributed by atoms with van der Waals surface area (Å²) in [6.45, 7) is 11.3. The standard InChI is InChI=1S/C41H49N5O9/c1-7-9-10-11-20-53-41(51)46-36(42)28-14-16-29(17-15-28)44-37(47)32-21-27(8-2)34(52-6)22-31(32)30-18-19-33(38(48)43-23-26-12-13-26)45-35(30)40(50)55-25(5)54-39(49)24(3)4/h8,14-19,21-22,24-26H,2,7,9-13,20,23H2,1,3-6H3,(H,43,48)(H,44,47)(H2,42,46,51). The van der Waals surface area contributed by atoms with Gasteiger partial charge in [-0.15, -0.1) is 0 Å². The van der Waals surface area contributed by atoms with Crippen molar-refractivity contribution in [2.75, 3.05) is 25.6 Å². The number of benzene rings is 2. The lowest BCUT2D eigenvalue weighted by atomic mass is 9.94. The number of amides is 3. The second kappa shape index (κ2) is 19.9. The maximum absolute atomic E-state index is 14.0. The molecule has 2 aromatic carbocycles. The van der Waals surface area contributed by atoms with E-state index in [1.165, 1.54) is 38.3 Å². The quantitative estimate of drug-likeness (QED) is 0.0341. The van der Waals surface area contributed by atoms with Crippen molar-refractivity contribution in [2.24, 2.45) is 11.8 Å². The zero-order valence-corrected chi connectivity index (χ0v) is 31.9. The topological polar surface area (TPSA) is 195 Å². The molecule has 0 spiro atoms. The SMILES string of the molecule is C=Cc1cc(C(=O)Nc2ccc(C(=N)NC(=O)OCCCCCC)cc2)c(-c2ccc(C(=O)NCC3CC3)nc2C(=O)OC(C)OC(=O)C(C)C)cc1OC. The second-order valence-corrected chi connectivity index (χ2v) is 13.4. The number of hydrogen-bond donors (Lipinski definition) is 4. The number of aromatic nitrogens is 1. The fourth-order valence-electron chi connectivity index (χ4n) is 5.30. The van der Waals surface area contributed by atoms with Crippen LogP contribution in [0.1, 0.15) is 109 Å². The van der Waals surface area contributed by atoms with Crippen molar-refractivity contribution in [1.82, 2.24) is 15.6 Å². The Morgan fingerprint density at radius 1 is 0.945 bits per heavy atom. The van der Waals surface area contributed by atoms with E-state index >= 15 is 0 Å². The number of amidine groups is 1. The molecule has 1 atom stereocenters. The number of methoxy groups -OCH3 is 1. The largest absolute Gasteiger partial charge is 0.496 e. The molecule has 3 aromatic rings. The summed E-state index contributed by atoms with van der Waals surface area (Å²) >= 11 is 0. The van der Waals surface area contributed by atoms with Gasteiger partial charge in [0, 0.05) is 47.0 Å². The first-order valence-electron chi connectivity index (χ1n) is 18.3. The average Bonchev–Trinajstić information content (AvgIpc) is 4.01. The van der Waals surface area contributed by atoms with Gasteiger partial charge in [-0.3, -0.25) is 25.1 Å². The van der Waals surface area contributed by atoms with E-state index in [0.717, 1.165) is 38.5 Å². The summed E-state index contributed by atoms with van der Waals surface area (Å²) in [5, 5.41) is 16.4. The molecule has 0 radical (unpaired) electrons. The number of alkyl carbamates (subject to hydrolysis) is 1. The molecule has 0 bridgehead atoms. The zero-order valence-electron chi connectivity index (χ0n) is 31.9. The predicted octanol–water partition coefficient (Wildman–Crippen LogP) is 7.13. The van der Waals surface area contributed by atoms with Crippen LogP contribution in [0.4, 0.5) is 10.5 Å². The van der Waals surface area contributed by atoms with Gasteiger partial charge in [0.1, 0.15) is 17.3 Å². The van der Waals surface area contributed by atoms with Crippen LogP contribution in [-0.2, 0) is 19.0 Å². The molecule has 0 aliphatic heterocycles.